The Hall–Kier alpha value is -3.68. The van der Waals surface area contributed by atoms with E-state index in [1.807, 2.05) is 13.0 Å². The van der Waals surface area contributed by atoms with E-state index in [-0.39, 0.29) is 41.4 Å². The lowest BCUT2D eigenvalue weighted by Crippen LogP contribution is -2.51. The first-order valence-electron chi connectivity index (χ1n) is 13.5. The smallest absolute Gasteiger partial charge is 0.252 e. The van der Waals surface area contributed by atoms with Gasteiger partial charge in [0.2, 0.25) is 15.8 Å². The van der Waals surface area contributed by atoms with Gasteiger partial charge in [0.05, 0.1) is 34.4 Å². The lowest BCUT2D eigenvalue weighted by molar-refractivity contribution is 0.0661. The van der Waals surface area contributed by atoms with Crippen molar-refractivity contribution in [1.82, 2.24) is 19.1 Å². The quantitative estimate of drug-likeness (QED) is 0.170. The molecule has 0 radical (unpaired) electrons. The molecule has 2 aromatic heterocycles. The number of sulfonamides is 1. The molecule has 2 aromatic carbocycles. The number of carbonyl (C=O) groups excluding carboxylic acids is 1. The molecule has 2 aliphatic rings. The van der Waals surface area contributed by atoms with Crippen LogP contribution in [-0.4, -0.2) is 52.3 Å². The number of ketones is 1. The maximum atomic E-state index is 14.3. The molecule has 7 nitrogen and oxygen atoms in total. The predicted octanol–water partition coefficient (Wildman–Crippen LogP) is 6.23. The molecule has 0 saturated heterocycles. The Balaban J connectivity index is 1.44. The van der Waals surface area contributed by atoms with Gasteiger partial charge in [-0.25, -0.2) is 35.6 Å². The molecular weight excluding hydrogens is 604 g/mol. The lowest BCUT2D eigenvalue weighted by atomic mass is 9.61. The minimum atomic E-state index is -4.46. The molecule has 4 aromatic rings. The number of fused-ring (bicyclic) bond motifs is 2. The Morgan fingerprint density at radius 3 is 2.40 bits per heavy atom. The number of aromatic nitrogens is 3. The first kappa shape index (κ1) is 29.4. The Labute approximate surface area is 249 Å². The summed E-state index contributed by atoms with van der Waals surface area (Å²) in [5.41, 5.74) is 1.51. The number of halogens is 4. The summed E-state index contributed by atoms with van der Waals surface area (Å²) in [4.78, 5) is 19.1. The van der Waals surface area contributed by atoms with Crippen molar-refractivity contribution in [2.45, 2.75) is 50.0 Å². The summed E-state index contributed by atoms with van der Waals surface area (Å²) in [6.07, 6.45) is 2.62. The fourth-order valence-electron chi connectivity index (χ4n) is 6.10. The molecule has 2 heterocycles. The first-order chi connectivity index (χ1) is 20.5. The summed E-state index contributed by atoms with van der Waals surface area (Å²) in [5, 5.41) is 4.74. The maximum Gasteiger partial charge on any atom is 0.252 e. The second kappa shape index (κ2) is 11.1. The van der Waals surface area contributed by atoms with E-state index >= 15 is 0 Å². The molecule has 0 amide bonds. The molecule has 1 saturated carbocycles. The van der Waals surface area contributed by atoms with Crippen molar-refractivity contribution in [3.05, 3.63) is 99.3 Å². The first-order valence-corrected chi connectivity index (χ1v) is 15.8. The molecule has 6 rings (SSSR count). The van der Waals surface area contributed by atoms with E-state index < -0.39 is 46.1 Å². The number of hydrogen-bond acceptors (Lipinski definition) is 6. The van der Waals surface area contributed by atoms with Crippen molar-refractivity contribution in [3.8, 4) is 5.69 Å². The minimum absolute atomic E-state index is 0.0510. The third kappa shape index (κ3) is 5.34. The average Bonchev–Trinajstić information content (AvgIpc) is 3.60. The van der Waals surface area contributed by atoms with Gasteiger partial charge in [-0.15, -0.1) is 11.3 Å². The third-order valence-corrected chi connectivity index (χ3v) is 10.9. The van der Waals surface area contributed by atoms with Gasteiger partial charge in [0.15, 0.2) is 5.01 Å². The van der Waals surface area contributed by atoms with E-state index in [1.165, 1.54) is 23.5 Å². The van der Waals surface area contributed by atoms with Crippen LogP contribution in [0.3, 0.4) is 0 Å². The molecule has 224 valence electrons. The summed E-state index contributed by atoms with van der Waals surface area (Å²) in [5.74, 6) is -1.36. The molecule has 0 spiro atoms. The van der Waals surface area contributed by atoms with Gasteiger partial charge >= 0.3 is 0 Å². The maximum absolute atomic E-state index is 14.3. The number of alkyl halides is 2. The summed E-state index contributed by atoms with van der Waals surface area (Å²) in [6.45, 7) is 0.746. The zero-order valence-corrected chi connectivity index (χ0v) is 24.5. The van der Waals surface area contributed by atoms with E-state index in [4.69, 9.17) is 0 Å². The van der Waals surface area contributed by atoms with Crippen molar-refractivity contribution >= 4 is 33.2 Å². The average molecular weight is 631 g/mol. The van der Waals surface area contributed by atoms with Crippen molar-refractivity contribution in [1.29, 1.82) is 0 Å². The van der Waals surface area contributed by atoms with Gasteiger partial charge in [-0.2, -0.15) is 9.40 Å². The van der Waals surface area contributed by atoms with E-state index in [0.717, 1.165) is 39.0 Å². The fourth-order valence-corrected chi connectivity index (χ4v) is 8.54. The third-order valence-electron chi connectivity index (χ3n) is 8.10. The molecule has 0 unspecified atom stereocenters. The Kier molecular flexibility index (Phi) is 7.59. The number of thiazole rings is 1. The number of nitrogens with zero attached hydrogens (tertiary/aromatic N) is 4. The molecule has 0 N–H and O–H groups in total. The standard InChI is InChI=1S/C30H26F4N4O3S2/c1-18-15-35-29(42-18)28(39)30-13-19-16-36-38(23-8-3-21(31)4-9-23)26(19)12-20(30)2-7-24(14-30)37(17-27(33)34)43(40,41)25-10-5-22(32)6-11-25/h3-6,8-12,15-16,24,27H,2,7,13-14,17H2,1H3/t24-,30-/m0/s1. The van der Waals surface area contributed by atoms with Crippen LogP contribution in [0.15, 0.2) is 71.4 Å². The lowest BCUT2D eigenvalue weighted by Gasteiger charge is -2.46. The number of carbonyl (C=O) groups is 1. The van der Waals surface area contributed by atoms with Crippen LogP contribution in [0.25, 0.3) is 11.8 Å². The molecule has 2 atom stereocenters. The molecule has 0 aliphatic heterocycles. The molecule has 0 bridgehead atoms. The van der Waals surface area contributed by atoms with Crippen molar-refractivity contribution in [2.75, 3.05) is 6.54 Å². The van der Waals surface area contributed by atoms with Crippen LogP contribution in [0.5, 0.6) is 0 Å². The van der Waals surface area contributed by atoms with Gasteiger partial charge in [0, 0.05) is 17.1 Å². The SMILES string of the molecule is Cc1cnc(C(=O)[C@]23Cc4cnn(-c5ccc(F)cc5)c4C=C2CC[C@H](N(CC(F)F)S(=O)(=O)c2ccc(F)cc2)C3)s1. The summed E-state index contributed by atoms with van der Waals surface area (Å²) in [7, 11) is -4.46. The van der Waals surface area contributed by atoms with Crippen LogP contribution in [-0.2, 0) is 16.4 Å². The van der Waals surface area contributed by atoms with Crippen LogP contribution in [0, 0.1) is 24.0 Å². The molecule has 1 fully saturated rings. The number of Topliss-reactive ketones (excluding diaryl/α,β-unsaturated/α-hetero) is 1. The second-order valence-corrected chi connectivity index (χ2v) is 13.9. The van der Waals surface area contributed by atoms with Crippen molar-refractivity contribution in [2.24, 2.45) is 5.41 Å². The highest BCUT2D eigenvalue weighted by atomic mass is 32.2. The molecule has 43 heavy (non-hydrogen) atoms. The van der Waals surface area contributed by atoms with Crippen LogP contribution in [0.1, 0.15) is 45.2 Å². The number of aryl methyl sites for hydroxylation is 1. The van der Waals surface area contributed by atoms with Crippen LogP contribution < -0.4 is 0 Å². The number of rotatable bonds is 8. The zero-order chi connectivity index (χ0) is 30.5. The van der Waals surface area contributed by atoms with E-state index in [1.54, 1.807) is 29.2 Å². The summed E-state index contributed by atoms with van der Waals surface area (Å²) >= 11 is 1.22. The van der Waals surface area contributed by atoms with Gasteiger partial charge in [0.1, 0.15) is 11.6 Å². The van der Waals surface area contributed by atoms with Gasteiger partial charge in [-0.3, -0.25) is 4.79 Å². The minimum Gasteiger partial charge on any atom is -0.290 e. The summed E-state index contributed by atoms with van der Waals surface area (Å²) in [6, 6.07) is 8.90. The molecule has 2 aliphatic carbocycles. The van der Waals surface area contributed by atoms with Crippen LogP contribution in [0.2, 0.25) is 0 Å². The van der Waals surface area contributed by atoms with Gasteiger partial charge < -0.3 is 0 Å². The van der Waals surface area contributed by atoms with Crippen LogP contribution >= 0.6 is 11.3 Å². The van der Waals surface area contributed by atoms with Gasteiger partial charge in [-0.05, 0) is 92.8 Å². The Morgan fingerprint density at radius 2 is 1.77 bits per heavy atom. The molecular formula is C30H26F4N4O3S2. The van der Waals surface area contributed by atoms with E-state index in [2.05, 4.69) is 10.1 Å². The van der Waals surface area contributed by atoms with Crippen molar-refractivity contribution in [3.63, 3.8) is 0 Å². The highest BCUT2D eigenvalue weighted by Gasteiger charge is 2.52. The number of benzene rings is 2. The fraction of sp³-hybridized carbons (Fsp3) is 0.300. The highest BCUT2D eigenvalue weighted by molar-refractivity contribution is 7.89. The Morgan fingerprint density at radius 1 is 1.09 bits per heavy atom. The van der Waals surface area contributed by atoms with Crippen molar-refractivity contribution < 1.29 is 30.8 Å². The normalized spacial score (nSPS) is 20.2. The highest BCUT2D eigenvalue weighted by Crippen LogP contribution is 2.52. The van der Waals surface area contributed by atoms with Gasteiger partial charge in [-0.1, -0.05) is 5.57 Å². The largest absolute Gasteiger partial charge is 0.290 e. The Bertz CT molecular complexity index is 1820. The zero-order valence-electron chi connectivity index (χ0n) is 22.9. The monoisotopic (exact) mass is 630 g/mol. The molecule has 13 heteroatoms. The predicted molar refractivity (Wildman–Crippen MR) is 153 cm³/mol. The van der Waals surface area contributed by atoms with Crippen LogP contribution in [0.4, 0.5) is 17.6 Å². The summed E-state index contributed by atoms with van der Waals surface area (Å²) < 4.78 is 84.8. The van der Waals surface area contributed by atoms with E-state index in [9.17, 15) is 30.8 Å². The topological polar surface area (TPSA) is 85.2 Å². The van der Waals surface area contributed by atoms with Gasteiger partial charge in [0.25, 0.3) is 6.43 Å². The second-order valence-electron chi connectivity index (χ2n) is 10.8. The number of allylic oxidation sites excluding steroid dienone is 1. The van der Waals surface area contributed by atoms with E-state index in [0.29, 0.717) is 16.9 Å². The number of hydrogen-bond donors (Lipinski definition) is 0.